The summed E-state index contributed by atoms with van der Waals surface area (Å²) in [4.78, 5) is 36.3. The van der Waals surface area contributed by atoms with E-state index in [1.54, 1.807) is 42.5 Å². The Balaban J connectivity index is 1.78. The molecule has 134 valence electrons. The number of nitrogens with one attached hydrogen (secondary N) is 2. The van der Waals surface area contributed by atoms with Crippen LogP contribution in [-0.2, 0) is 14.3 Å². The van der Waals surface area contributed by atoms with Crippen molar-refractivity contribution in [2.45, 2.75) is 31.9 Å². The predicted octanol–water partition coefficient (Wildman–Crippen LogP) is 2.82. The quantitative estimate of drug-likeness (QED) is 0.783. The maximum atomic E-state index is 12.6. The lowest BCUT2D eigenvalue weighted by atomic mass is 10.1. The standard InChI is InChI=1S/C20H20N2O4/c1-13(23)21-17-9-5-8-15(12-17)20(25)26-18(14-6-3-2-4-7-14)19(24)22-16-10-11-16/h2-9,12,16,18H,10-11H2,1H3,(H,21,23)(H,22,24). The molecular weight excluding hydrogens is 332 g/mol. The van der Waals surface area contributed by atoms with Crippen molar-refractivity contribution in [1.29, 1.82) is 0 Å². The van der Waals surface area contributed by atoms with E-state index in [-0.39, 0.29) is 23.4 Å². The van der Waals surface area contributed by atoms with Crippen molar-refractivity contribution in [3.63, 3.8) is 0 Å². The van der Waals surface area contributed by atoms with E-state index in [2.05, 4.69) is 10.6 Å². The average Bonchev–Trinajstić information content (AvgIpc) is 3.43. The van der Waals surface area contributed by atoms with Crippen LogP contribution in [0.2, 0.25) is 0 Å². The molecule has 6 nitrogen and oxygen atoms in total. The van der Waals surface area contributed by atoms with Crippen molar-refractivity contribution in [3.8, 4) is 0 Å². The summed E-state index contributed by atoms with van der Waals surface area (Å²) in [5.41, 5.74) is 1.36. The Morgan fingerprint density at radius 1 is 1.04 bits per heavy atom. The fourth-order valence-corrected chi connectivity index (χ4v) is 2.51. The molecule has 0 aliphatic heterocycles. The van der Waals surface area contributed by atoms with E-state index in [1.165, 1.54) is 13.0 Å². The van der Waals surface area contributed by atoms with Crippen LogP contribution in [0.4, 0.5) is 5.69 Å². The zero-order valence-corrected chi connectivity index (χ0v) is 14.4. The first-order chi connectivity index (χ1) is 12.5. The minimum Gasteiger partial charge on any atom is -0.444 e. The molecule has 1 aliphatic rings. The summed E-state index contributed by atoms with van der Waals surface area (Å²) >= 11 is 0. The molecule has 2 aromatic rings. The third-order valence-electron chi connectivity index (χ3n) is 3.91. The number of carbonyl (C=O) groups is 3. The van der Waals surface area contributed by atoms with Gasteiger partial charge in [-0.05, 0) is 31.0 Å². The third kappa shape index (κ3) is 4.69. The van der Waals surface area contributed by atoms with Crippen molar-refractivity contribution in [3.05, 3.63) is 65.7 Å². The molecule has 1 fully saturated rings. The number of carbonyl (C=O) groups excluding carboxylic acids is 3. The summed E-state index contributed by atoms with van der Waals surface area (Å²) in [6, 6.07) is 15.5. The minimum absolute atomic E-state index is 0.163. The van der Waals surface area contributed by atoms with Gasteiger partial charge in [0.25, 0.3) is 5.91 Å². The summed E-state index contributed by atoms with van der Waals surface area (Å²) in [7, 11) is 0. The first-order valence-electron chi connectivity index (χ1n) is 8.47. The Labute approximate surface area is 151 Å². The molecule has 1 unspecified atom stereocenters. The molecule has 0 aromatic heterocycles. The second-order valence-corrected chi connectivity index (χ2v) is 6.24. The van der Waals surface area contributed by atoms with Crippen molar-refractivity contribution in [2.75, 3.05) is 5.32 Å². The van der Waals surface area contributed by atoms with Crippen LogP contribution < -0.4 is 10.6 Å². The molecule has 0 radical (unpaired) electrons. The fourth-order valence-electron chi connectivity index (χ4n) is 2.51. The van der Waals surface area contributed by atoms with Gasteiger partial charge in [0.15, 0.2) is 0 Å². The summed E-state index contributed by atoms with van der Waals surface area (Å²) in [6.45, 7) is 1.39. The van der Waals surface area contributed by atoms with Gasteiger partial charge >= 0.3 is 5.97 Å². The summed E-state index contributed by atoms with van der Waals surface area (Å²) < 4.78 is 5.51. The molecule has 0 saturated heterocycles. The zero-order valence-electron chi connectivity index (χ0n) is 14.4. The molecule has 3 rings (SSSR count). The molecule has 0 heterocycles. The molecule has 2 N–H and O–H groups in total. The van der Waals surface area contributed by atoms with Gasteiger partial charge in [-0.3, -0.25) is 9.59 Å². The topological polar surface area (TPSA) is 84.5 Å². The Bertz CT molecular complexity index is 816. The molecule has 6 heteroatoms. The van der Waals surface area contributed by atoms with Gasteiger partial charge in [0.1, 0.15) is 0 Å². The number of anilines is 1. The van der Waals surface area contributed by atoms with E-state index in [9.17, 15) is 14.4 Å². The Morgan fingerprint density at radius 2 is 1.77 bits per heavy atom. The maximum Gasteiger partial charge on any atom is 0.339 e. The first kappa shape index (κ1) is 17.7. The van der Waals surface area contributed by atoms with E-state index >= 15 is 0 Å². The first-order valence-corrected chi connectivity index (χ1v) is 8.47. The van der Waals surface area contributed by atoms with Crippen LogP contribution in [0, 0.1) is 0 Å². The van der Waals surface area contributed by atoms with Crippen LogP contribution in [0.25, 0.3) is 0 Å². The normalized spacial score (nSPS) is 14.2. The van der Waals surface area contributed by atoms with Crippen LogP contribution in [0.1, 0.15) is 41.8 Å². The van der Waals surface area contributed by atoms with Gasteiger partial charge in [0.05, 0.1) is 5.56 Å². The number of ether oxygens (including phenoxy) is 1. The summed E-state index contributed by atoms with van der Waals surface area (Å²) in [5, 5.41) is 5.49. The molecule has 1 atom stereocenters. The van der Waals surface area contributed by atoms with Crippen LogP contribution in [0.3, 0.4) is 0 Å². The van der Waals surface area contributed by atoms with E-state index in [4.69, 9.17) is 4.74 Å². The zero-order chi connectivity index (χ0) is 18.5. The number of esters is 1. The summed E-state index contributed by atoms with van der Waals surface area (Å²) in [5.74, 6) is -1.19. The highest BCUT2D eigenvalue weighted by molar-refractivity contribution is 5.95. The molecule has 1 aliphatic carbocycles. The molecule has 0 spiro atoms. The van der Waals surface area contributed by atoms with E-state index in [0.29, 0.717) is 11.3 Å². The third-order valence-corrected chi connectivity index (χ3v) is 3.91. The SMILES string of the molecule is CC(=O)Nc1cccc(C(=O)OC(C(=O)NC2CC2)c2ccccc2)c1. The van der Waals surface area contributed by atoms with Gasteiger partial charge in [-0.25, -0.2) is 4.79 Å². The molecule has 0 bridgehead atoms. The highest BCUT2D eigenvalue weighted by atomic mass is 16.5. The van der Waals surface area contributed by atoms with Crippen molar-refractivity contribution in [1.82, 2.24) is 5.32 Å². The molecule has 2 amide bonds. The van der Waals surface area contributed by atoms with Crippen molar-refractivity contribution < 1.29 is 19.1 Å². The smallest absolute Gasteiger partial charge is 0.339 e. The van der Waals surface area contributed by atoms with Gasteiger partial charge < -0.3 is 15.4 Å². The lowest BCUT2D eigenvalue weighted by molar-refractivity contribution is -0.130. The molecular formula is C20H20N2O4. The van der Waals surface area contributed by atoms with Gasteiger partial charge in [0.2, 0.25) is 12.0 Å². The second kappa shape index (κ2) is 7.82. The van der Waals surface area contributed by atoms with Crippen LogP contribution in [0.5, 0.6) is 0 Å². The maximum absolute atomic E-state index is 12.6. The van der Waals surface area contributed by atoms with Crippen LogP contribution >= 0.6 is 0 Å². The monoisotopic (exact) mass is 352 g/mol. The van der Waals surface area contributed by atoms with E-state index < -0.39 is 12.1 Å². The van der Waals surface area contributed by atoms with E-state index in [0.717, 1.165) is 12.8 Å². The largest absolute Gasteiger partial charge is 0.444 e. The summed E-state index contributed by atoms with van der Waals surface area (Å²) in [6.07, 6.45) is 0.869. The lowest BCUT2D eigenvalue weighted by Gasteiger charge is -2.18. The Morgan fingerprint density at radius 3 is 2.42 bits per heavy atom. The number of hydrogen-bond donors (Lipinski definition) is 2. The van der Waals surface area contributed by atoms with Crippen molar-refractivity contribution >= 4 is 23.5 Å². The average molecular weight is 352 g/mol. The predicted molar refractivity (Wildman–Crippen MR) is 96.5 cm³/mol. The highest BCUT2D eigenvalue weighted by Crippen LogP contribution is 2.24. The Hall–Kier alpha value is -3.15. The number of amides is 2. The van der Waals surface area contributed by atoms with Gasteiger partial charge in [-0.2, -0.15) is 0 Å². The number of rotatable bonds is 6. The number of benzene rings is 2. The molecule has 1 saturated carbocycles. The van der Waals surface area contributed by atoms with Crippen LogP contribution in [0.15, 0.2) is 54.6 Å². The van der Waals surface area contributed by atoms with Crippen LogP contribution in [-0.4, -0.2) is 23.8 Å². The number of hydrogen-bond acceptors (Lipinski definition) is 4. The van der Waals surface area contributed by atoms with Gasteiger partial charge in [-0.1, -0.05) is 36.4 Å². The second-order valence-electron chi connectivity index (χ2n) is 6.24. The lowest BCUT2D eigenvalue weighted by Crippen LogP contribution is -2.33. The molecule has 2 aromatic carbocycles. The molecule has 26 heavy (non-hydrogen) atoms. The van der Waals surface area contributed by atoms with Gasteiger partial charge in [-0.15, -0.1) is 0 Å². The minimum atomic E-state index is -1.02. The van der Waals surface area contributed by atoms with E-state index in [1.807, 2.05) is 6.07 Å². The Kier molecular flexibility index (Phi) is 5.31. The fraction of sp³-hybridized carbons (Fsp3) is 0.250. The highest BCUT2D eigenvalue weighted by Gasteiger charge is 2.31. The van der Waals surface area contributed by atoms with Gasteiger partial charge in [0, 0.05) is 24.2 Å². The van der Waals surface area contributed by atoms with Crippen molar-refractivity contribution in [2.24, 2.45) is 0 Å².